The molecular weight excluding hydrogens is 369 g/mol. The number of hydrogen-bond acceptors (Lipinski definition) is 3. The van der Waals surface area contributed by atoms with Gasteiger partial charge in [0.2, 0.25) is 5.91 Å². The van der Waals surface area contributed by atoms with Gasteiger partial charge in [-0.25, -0.2) is 0 Å². The molecule has 150 valence electrons. The Bertz CT molecular complexity index is 515. The third-order valence-corrected chi connectivity index (χ3v) is 4.98. The highest BCUT2D eigenvalue weighted by Gasteiger charge is 2.29. The first kappa shape index (κ1) is 25.2. The highest BCUT2D eigenvalue weighted by molar-refractivity contribution is 5.87. The number of piperidine rings is 1. The molecule has 3 unspecified atom stereocenters. The predicted molar refractivity (Wildman–Crippen MR) is 114 cm³/mol. The van der Waals surface area contributed by atoms with Crippen LogP contribution in [0.25, 0.3) is 0 Å². The van der Waals surface area contributed by atoms with E-state index in [1.807, 2.05) is 30.3 Å². The average Bonchev–Trinajstić information content (AvgIpc) is 2.54. The summed E-state index contributed by atoms with van der Waals surface area (Å²) in [6.07, 6.45) is 3.46. The molecule has 6 heteroatoms. The quantitative estimate of drug-likeness (QED) is 0.683. The van der Waals surface area contributed by atoms with Crippen molar-refractivity contribution in [2.45, 2.75) is 45.6 Å². The summed E-state index contributed by atoms with van der Waals surface area (Å²) in [4.78, 5) is 14.9. The highest BCUT2D eigenvalue weighted by Crippen LogP contribution is 2.21. The van der Waals surface area contributed by atoms with Crippen molar-refractivity contribution in [2.24, 2.45) is 17.6 Å². The van der Waals surface area contributed by atoms with Crippen LogP contribution in [0.15, 0.2) is 30.3 Å². The molecule has 2 rings (SSSR count). The maximum absolute atomic E-state index is 12.4. The van der Waals surface area contributed by atoms with E-state index in [0.717, 1.165) is 36.8 Å². The number of nitrogens with one attached hydrogen (secondary N) is 1. The first-order valence-corrected chi connectivity index (χ1v) is 9.24. The lowest BCUT2D eigenvalue weighted by molar-refractivity contribution is -0.126. The lowest BCUT2D eigenvalue weighted by Crippen LogP contribution is -2.49. The number of nitrogens with two attached hydrogens (primary N) is 1. The summed E-state index contributed by atoms with van der Waals surface area (Å²) < 4.78 is 0. The number of rotatable bonds is 7. The van der Waals surface area contributed by atoms with E-state index in [9.17, 15) is 4.79 Å². The van der Waals surface area contributed by atoms with Crippen LogP contribution in [0.1, 0.15) is 45.6 Å². The van der Waals surface area contributed by atoms with Crippen LogP contribution in [0.4, 0.5) is 0 Å². The van der Waals surface area contributed by atoms with E-state index < -0.39 is 5.54 Å². The molecular formula is C20H35Cl2N3O. The summed E-state index contributed by atoms with van der Waals surface area (Å²) in [6.45, 7) is 10.7. The van der Waals surface area contributed by atoms with E-state index in [-0.39, 0.29) is 30.7 Å². The fraction of sp³-hybridized carbons (Fsp3) is 0.650. The van der Waals surface area contributed by atoms with E-state index in [1.54, 1.807) is 6.92 Å². The third-order valence-electron chi connectivity index (χ3n) is 4.98. The second-order valence-electron chi connectivity index (χ2n) is 7.74. The minimum atomic E-state index is -0.973. The van der Waals surface area contributed by atoms with E-state index in [2.05, 4.69) is 24.1 Å². The van der Waals surface area contributed by atoms with Gasteiger partial charge in [-0.2, -0.15) is 0 Å². The topological polar surface area (TPSA) is 58.4 Å². The average molecular weight is 404 g/mol. The molecule has 1 heterocycles. The summed E-state index contributed by atoms with van der Waals surface area (Å²) in [5, 5.41) is 2.99. The fourth-order valence-corrected chi connectivity index (χ4v) is 3.74. The Labute approximate surface area is 171 Å². The molecule has 1 aliphatic rings. The van der Waals surface area contributed by atoms with Crippen molar-refractivity contribution in [1.29, 1.82) is 0 Å². The predicted octanol–water partition coefficient (Wildman–Crippen LogP) is 3.58. The number of nitrogens with zero attached hydrogens (tertiary/aromatic N) is 1. The molecule has 3 N–H and O–H groups in total. The lowest BCUT2D eigenvalue weighted by atomic mass is 9.92. The summed E-state index contributed by atoms with van der Waals surface area (Å²) in [5.74, 6) is 1.50. The summed E-state index contributed by atoms with van der Waals surface area (Å²) >= 11 is 0. The van der Waals surface area contributed by atoms with Crippen LogP contribution >= 0.6 is 24.8 Å². The number of carbonyl (C=O) groups excluding carboxylic acids is 1. The minimum Gasteiger partial charge on any atom is -0.354 e. The Morgan fingerprint density at radius 2 is 1.73 bits per heavy atom. The van der Waals surface area contributed by atoms with E-state index in [4.69, 9.17) is 5.73 Å². The van der Waals surface area contributed by atoms with Gasteiger partial charge in [0, 0.05) is 19.6 Å². The Morgan fingerprint density at radius 1 is 1.15 bits per heavy atom. The van der Waals surface area contributed by atoms with Gasteiger partial charge in [0.1, 0.15) is 5.54 Å². The summed E-state index contributed by atoms with van der Waals surface area (Å²) in [5.41, 5.74) is 6.10. The Balaban J connectivity index is 0.00000312. The molecule has 1 aliphatic heterocycles. The first-order valence-electron chi connectivity index (χ1n) is 9.24. The van der Waals surface area contributed by atoms with Gasteiger partial charge >= 0.3 is 0 Å². The van der Waals surface area contributed by atoms with Crippen LogP contribution < -0.4 is 11.1 Å². The van der Waals surface area contributed by atoms with Crippen molar-refractivity contribution >= 4 is 30.7 Å². The number of benzene rings is 1. The molecule has 1 aromatic carbocycles. The number of likely N-dealkylation sites (tertiary alicyclic amines) is 1. The Hall–Kier alpha value is -0.810. The zero-order valence-corrected chi connectivity index (χ0v) is 17.9. The number of halogens is 2. The summed E-state index contributed by atoms with van der Waals surface area (Å²) in [7, 11) is 0. The van der Waals surface area contributed by atoms with Crippen LogP contribution in [0.3, 0.4) is 0 Å². The monoisotopic (exact) mass is 403 g/mol. The van der Waals surface area contributed by atoms with E-state index in [1.165, 1.54) is 19.5 Å². The van der Waals surface area contributed by atoms with Crippen molar-refractivity contribution in [3.8, 4) is 0 Å². The van der Waals surface area contributed by atoms with Gasteiger partial charge in [-0.1, -0.05) is 44.2 Å². The fourth-order valence-electron chi connectivity index (χ4n) is 3.74. The molecule has 1 amide bonds. The Kier molecular flexibility index (Phi) is 11.4. The molecule has 0 aromatic heterocycles. The maximum atomic E-state index is 12.4. The van der Waals surface area contributed by atoms with Gasteiger partial charge in [-0.15, -0.1) is 24.8 Å². The van der Waals surface area contributed by atoms with Crippen LogP contribution in [-0.2, 0) is 10.3 Å². The van der Waals surface area contributed by atoms with Gasteiger partial charge in [0.15, 0.2) is 0 Å². The molecule has 0 spiro atoms. The van der Waals surface area contributed by atoms with Crippen LogP contribution in [0.2, 0.25) is 0 Å². The molecule has 0 aliphatic carbocycles. The van der Waals surface area contributed by atoms with Crippen LogP contribution in [0.5, 0.6) is 0 Å². The van der Waals surface area contributed by atoms with Crippen molar-refractivity contribution in [1.82, 2.24) is 10.2 Å². The van der Waals surface area contributed by atoms with Gasteiger partial charge in [-0.3, -0.25) is 4.79 Å². The number of hydrogen-bond donors (Lipinski definition) is 2. The molecule has 0 saturated carbocycles. The second kappa shape index (κ2) is 11.8. The number of unbranched alkanes of at least 4 members (excludes halogenated alkanes) is 1. The smallest absolute Gasteiger partial charge is 0.244 e. The van der Waals surface area contributed by atoms with Crippen molar-refractivity contribution in [2.75, 3.05) is 26.2 Å². The van der Waals surface area contributed by atoms with E-state index >= 15 is 0 Å². The molecule has 1 saturated heterocycles. The van der Waals surface area contributed by atoms with Gasteiger partial charge in [0.25, 0.3) is 0 Å². The van der Waals surface area contributed by atoms with Crippen molar-refractivity contribution in [3.63, 3.8) is 0 Å². The lowest BCUT2D eigenvalue weighted by Gasteiger charge is -2.35. The van der Waals surface area contributed by atoms with Crippen molar-refractivity contribution < 1.29 is 4.79 Å². The molecule has 4 nitrogen and oxygen atoms in total. The normalized spacial score (nSPS) is 22.5. The molecule has 26 heavy (non-hydrogen) atoms. The molecule has 1 aromatic rings. The number of carbonyl (C=O) groups is 1. The van der Waals surface area contributed by atoms with Gasteiger partial charge < -0.3 is 16.0 Å². The molecule has 0 radical (unpaired) electrons. The van der Waals surface area contributed by atoms with Crippen LogP contribution in [-0.4, -0.2) is 37.0 Å². The largest absolute Gasteiger partial charge is 0.354 e. The Morgan fingerprint density at radius 3 is 2.31 bits per heavy atom. The highest BCUT2D eigenvalue weighted by atomic mass is 35.5. The standard InChI is InChI=1S/C20H33N3O.2ClH/c1-16-13-17(2)15-23(14-16)12-8-7-11-22-19(24)20(3,21)18-9-5-4-6-10-18;;/h4-6,9-10,16-17H,7-8,11-15,21H2,1-3H3,(H,22,24);2*1H. The minimum absolute atomic E-state index is 0. The SMILES string of the molecule is CC1CC(C)CN(CCCCNC(=O)C(C)(N)c2ccccc2)C1.Cl.Cl. The van der Waals surface area contributed by atoms with Gasteiger partial charge in [0.05, 0.1) is 0 Å². The third kappa shape index (κ3) is 7.43. The maximum Gasteiger partial charge on any atom is 0.244 e. The van der Waals surface area contributed by atoms with Gasteiger partial charge in [-0.05, 0) is 50.1 Å². The second-order valence-corrected chi connectivity index (χ2v) is 7.74. The first-order chi connectivity index (χ1) is 11.4. The molecule has 0 bridgehead atoms. The molecule has 1 fully saturated rings. The summed E-state index contributed by atoms with van der Waals surface area (Å²) in [6, 6.07) is 9.55. The van der Waals surface area contributed by atoms with Crippen molar-refractivity contribution in [3.05, 3.63) is 35.9 Å². The molecule has 3 atom stereocenters. The van der Waals surface area contributed by atoms with Crippen LogP contribution in [0, 0.1) is 11.8 Å². The zero-order valence-electron chi connectivity index (χ0n) is 16.2. The van der Waals surface area contributed by atoms with E-state index in [0.29, 0.717) is 6.54 Å². The number of amides is 1. The zero-order chi connectivity index (χ0) is 17.6.